The maximum absolute atomic E-state index is 12.3. The van der Waals surface area contributed by atoms with Crippen LogP contribution >= 0.6 is 0 Å². The molecule has 2 aromatic rings. The van der Waals surface area contributed by atoms with Crippen LogP contribution in [0.25, 0.3) is 0 Å². The SMILES string of the molecule is NC1NC(=O)c2nc(CNc3ccc(C(=O)NC(CCC(=O)O)C(=O)O)cc3)cnc2N1C=O. The van der Waals surface area contributed by atoms with Crippen LogP contribution in [0.2, 0.25) is 0 Å². The summed E-state index contributed by atoms with van der Waals surface area (Å²) in [5, 5.41) is 25.6. The average Bonchev–Trinajstić information content (AvgIpc) is 2.80. The predicted molar refractivity (Wildman–Crippen MR) is 116 cm³/mol. The molecule has 2 unspecified atom stereocenters. The molecule has 0 aliphatic carbocycles. The first-order chi connectivity index (χ1) is 16.2. The van der Waals surface area contributed by atoms with Crippen molar-refractivity contribution in [3.63, 3.8) is 0 Å². The van der Waals surface area contributed by atoms with Gasteiger partial charge in [-0.25, -0.2) is 14.8 Å². The molecule has 0 saturated heterocycles. The second-order valence-electron chi connectivity index (χ2n) is 7.19. The van der Waals surface area contributed by atoms with Gasteiger partial charge in [0.2, 0.25) is 6.41 Å². The minimum absolute atomic E-state index is 0.0454. The maximum Gasteiger partial charge on any atom is 0.326 e. The third-order valence-electron chi connectivity index (χ3n) is 4.83. The van der Waals surface area contributed by atoms with Crippen molar-refractivity contribution in [1.29, 1.82) is 0 Å². The summed E-state index contributed by atoms with van der Waals surface area (Å²) < 4.78 is 0. The second kappa shape index (κ2) is 10.4. The lowest BCUT2D eigenvalue weighted by Crippen LogP contribution is -2.58. The minimum atomic E-state index is -1.33. The van der Waals surface area contributed by atoms with Gasteiger partial charge in [-0.15, -0.1) is 0 Å². The maximum atomic E-state index is 12.3. The van der Waals surface area contributed by atoms with E-state index in [1.54, 1.807) is 12.1 Å². The quantitative estimate of drug-likeness (QED) is 0.233. The number of fused-ring (bicyclic) bond motifs is 1. The lowest BCUT2D eigenvalue weighted by molar-refractivity contribution is -0.140. The number of hydrogen-bond donors (Lipinski definition) is 6. The van der Waals surface area contributed by atoms with Crippen molar-refractivity contribution >= 4 is 41.7 Å². The summed E-state index contributed by atoms with van der Waals surface area (Å²) in [5.74, 6) is -3.66. The number of carbonyl (C=O) groups is 5. The molecule has 14 nitrogen and oxygen atoms in total. The Bertz CT molecular complexity index is 1120. The molecule has 2 heterocycles. The summed E-state index contributed by atoms with van der Waals surface area (Å²) >= 11 is 0. The van der Waals surface area contributed by atoms with Gasteiger partial charge in [0, 0.05) is 17.7 Å². The van der Waals surface area contributed by atoms with Crippen molar-refractivity contribution in [2.24, 2.45) is 5.73 Å². The molecule has 14 heteroatoms. The highest BCUT2D eigenvalue weighted by molar-refractivity contribution is 6.01. The van der Waals surface area contributed by atoms with E-state index in [1.165, 1.54) is 18.3 Å². The van der Waals surface area contributed by atoms with E-state index in [-0.39, 0.29) is 30.0 Å². The Hall–Kier alpha value is -4.59. The second-order valence-corrected chi connectivity index (χ2v) is 7.19. The highest BCUT2D eigenvalue weighted by Crippen LogP contribution is 2.20. The average molecular weight is 471 g/mol. The molecule has 1 aliphatic rings. The van der Waals surface area contributed by atoms with E-state index in [4.69, 9.17) is 15.9 Å². The van der Waals surface area contributed by atoms with Gasteiger partial charge < -0.3 is 26.2 Å². The number of hydrogen-bond acceptors (Lipinski definition) is 9. The Labute approximate surface area is 192 Å². The molecular weight excluding hydrogens is 450 g/mol. The monoisotopic (exact) mass is 471 g/mol. The van der Waals surface area contributed by atoms with Crippen molar-refractivity contribution in [2.45, 2.75) is 31.7 Å². The zero-order valence-electron chi connectivity index (χ0n) is 17.6. The Morgan fingerprint density at radius 2 is 1.94 bits per heavy atom. The molecule has 1 aromatic heterocycles. The standard InChI is InChI=1S/C20H21N7O7/c21-20-26-18(32)15-16(27(20)9-28)23-8-12(24-15)7-22-11-3-1-10(2-4-11)17(31)25-13(19(33)34)5-6-14(29)30/h1-4,8-9,13,20,22H,5-7,21H2,(H,25,31)(H,26,32)(H,29,30)(H,33,34). The van der Waals surface area contributed by atoms with Gasteiger partial charge in [0.15, 0.2) is 17.8 Å². The summed E-state index contributed by atoms with van der Waals surface area (Å²) in [6.45, 7) is 0.169. The molecule has 0 radical (unpaired) electrons. The Morgan fingerprint density at radius 1 is 1.24 bits per heavy atom. The van der Waals surface area contributed by atoms with Gasteiger partial charge in [-0.2, -0.15) is 0 Å². The van der Waals surface area contributed by atoms with Gasteiger partial charge in [-0.05, 0) is 30.7 Å². The fourth-order valence-electron chi connectivity index (χ4n) is 3.06. The number of carbonyl (C=O) groups excluding carboxylic acids is 3. The van der Waals surface area contributed by atoms with Gasteiger partial charge in [-0.1, -0.05) is 0 Å². The molecule has 2 atom stereocenters. The fraction of sp³-hybridized carbons (Fsp3) is 0.250. The highest BCUT2D eigenvalue weighted by Gasteiger charge is 2.31. The zero-order valence-corrected chi connectivity index (χ0v) is 17.6. The van der Waals surface area contributed by atoms with E-state index in [2.05, 4.69) is 25.9 Å². The number of carboxylic acid groups (broad SMARTS) is 2. The van der Waals surface area contributed by atoms with Crippen molar-refractivity contribution < 1.29 is 34.2 Å². The van der Waals surface area contributed by atoms with Crippen LogP contribution in [0.4, 0.5) is 11.5 Å². The molecule has 34 heavy (non-hydrogen) atoms. The number of nitrogens with two attached hydrogens (primary N) is 1. The Kier molecular flexibility index (Phi) is 7.33. The van der Waals surface area contributed by atoms with Gasteiger partial charge in [0.05, 0.1) is 18.4 Å². The first-order valence-electron chi connectivity index (χ1n) is 9.95. The van der Waals surface area contributed by atoms with Gasteiger partial charge in [0.25, 0.3) is 11.8 Å². The molecular formula is C20H21N7O7. The summed E-state index contributed by atoms with van der Waals surface area (Å²) in [4.78, 5) is 66.9. The number of aromatic nitrogens is 2. The van der Waals surface area contributed by atoms with E-state index in [0.29, 0.717) is 17.8 Å². The van der Waals surface area contributed by atoms with Crippen molar-refractivity contribution in [1.82, 2.24) is 20.6 Å². The first-order valence-corrected chi connectivity index (χ1v) is 9.95. The normalized spacial score (nSPS) is 15.5. The molecule has 1 aliphatic heterocycles. The summed E-state index contributed by atoms with van der Waals surface area (Å²) in [6, 6.07) is 4.75. The van der Waals surface area contributed by atoms with Gasteiger partial charge in [-0.3, -0.25) is 29.8 Å². The number of aliphatic carboxylic acids is 2. The van der Waals surface area contributed by atoms with Gasteiger partial charge in [0.1, 0.15) is 6.04 Å². The van der Waals surface area contributed by atoms with Crippen LogP contribution in [0.1, 0.15) is 39.4 Å². The fourth-order valence-corrected chi connectivity index (χ4v) is 3.06. The van der Waals surface area contributed by atoms with Crippen LogP contribution in [0.15, 0.2) is 30.5 Å². The molecule has 3 rings (SSSR count). The molecule has 0 saturated carbocycles. The summed E-state index contributed by atoms with van der Waals surface area (Å²) in [7, 11) is 0. The minimum Gasteiger partial charge on any atom is -0.481 e. The van der Waals surface area contributed by atoms with Crippen LogP contribution in [0.3, 0.4) is 0 Å². The third kappa shape index (κ3) is 5.60. The molecule has 0 bridgehead atoms. The van der Waals surface area contributed by atoms with E-state index < -0.39 is 42.5 Å². The van der Waals surface area contributed by atoms with Crippen molar-refractivity contribution in [3.05, 3.63) is 47.4 Å². The molecule has 0 spiro atoms. The van der Waals surface area contributed by atoms with E-state index in [0.717, 1.165) is 4.90 Å². The van der Waals surface area contributed by atoms with Crippen molar-refractivity contribution in [2.75, 3.05) is 10.2 Å². The van der Waals surface area contributed by atoms with Crippen LogP contribution in [0, 0.1) is 0 Å². The lowest BCUT2D eigenvalue weighted by Gasteiger charge is -2.30. The Morgan fingerprint density at radius 3 is 2.56 bits per heavy atom. The van der Waals surface area contributed by atoms with Crippen LogP contribution < -0.4 is 26.6 Å². The molecule has 7 N–H and O–H groups in total. The molecule has 3 amide bonds. The highest BCUT2D eigenvalue weighted by atomic mass is 16.4. The molecule has 0 fully saturated rings. The van der Waals surface area contributed by atoms with Crippen LogP contribution in [0.5, 0.6) is 0 Å². The number of rotatable bonds is 10. The first kappa shape index (κ1) is 24.1. The third-order valence-corrected chi connectivity index (χ3v) is 4.83. The molecule has 178 valence electrons. The number of anilines is 2. The summed E-state index contributed by atoms with van der Waals surface area (Å²) in [5.41, 5.74) is 6.81. The van der Waals surface area contributed by atoms with E-state index in [9.17, 15) is 24.0 Å². The number of nitrogens with one attached hydrogen (secondary N) is 3. The van der Waals surface area contributed by atoms with E-state index >= 15 is 0 Å². The topological polar surface area (TPSA) is 217 Å². The Balaban J connectivity index is 1.62. The largest absolute Gasteiger partial charge is 0.481 e. The predicted octanol–water partition coefficient (Wildman–Crippen LogP) is -0.915. The van der Waals surface area contributed by atoms with E-state index in [1.807, 2.05) is 0 Å². The smallest absolute Gasteiger partial charge is 0.326 e. The zero-order chi connectivity index (χ0) is 24.8. The number of carboxylic acids is 2. The van der Waals surface area contributed by atoms with Gasteiger partial charge >= 0.3 is 11.9 Å². The number of benzene rings is 1. The van der Waals surface area contributed by atoms with Crippen molar-refractivity contribution in [3.8, 4) is 0 Å². The number of amides is 3. The summed E-state index contributed by atoms with van der Waals surface area (Å²) in [6.07, 6.45) is 0.158. The van der Waals surface area contributed by atoms with Crippen LogP contribution in [-0.4, -0.2) is 62.7 Å². The number of nitrogens with zero attached hydrogens (tertiary/aromatic N) is 3. The van der Waals surface area contributed by atoms with Crippen LogP contribution in [-0.2, 0) is 20.9 Å². The molecule has 1 aromatic carbocycles. The lowest BCUT2D eigenvalue weighted by atomic mass is 10.1.